The van der Waals surface area contributed by atoms with Crippen molar-refractivity contribution in [3.63, 3.8) is 0 Å². The second-order valence-corrected chi connectivity index (χ2v) is 7.97. The quantitative estimate of drug-likeness (QED) is 0.625. The molecule has 156 valence electrons. The molecule has 0 unspecified atom stereocenters. The van der Waals surface area contributed by atoms with Crippen LogP contribution in [0.25, 0.3) is 11.0 Å². The molecule has 1 aromatic heterocycles. The zero-order valence-corrected chi connectivity index (χ0v) is 17.4. The van der Waals surface area contributed by atoms with Crippen LogP contribution >= 0.6 is 0 Å². The number of hydrogen-bond donors (Lipinski definition) is 2. The first kappa shape index (κ1) is 21.1. The molecule has 30 heavy (non-hydrogen) atoms. The number of rotatable bonds is 4. The fourth-order valence-corrected chi connectivity index (χ4v) is 2.87. The average Bonchev–Trinajstić information content (AvgIpc) is 2.65. The van der Waals surface area contributed by atoms with Crippen LogP contribution in [0.15, 0.2) is 57.7 Å². The third-order valence-corrected chi connectivity index (χ3v) is 4.26. The number of carbonyl (C=O) groups is 2. The normalized spacial score (nSPS) is 11.2. The van der Waals surface area contributed by atoms with Crippen LogP contribution in [0.1, 0.15) is 42.3 Å². The Morgan fingerprint density at radius 1 is 1.03 bits per heavy atom. The Labute approximate surface area is 174 Å². The van der Waals surface area contributed by atoms with Crippen molar-refractivity contribution in [2.75, 3.05) is 5.32 Å². The van der Waals surface area contributed by atoms with Gasteiger partial charge in [0.1, 0.15) is 11.2 Å². The Hall–Kier alpha value is -3.61. The lowest BCUT2D eigenvalue weighted by atomic mass is 10.1. The lowest BCUT2D eigenvalue weighted by molar-refractivity contribution is 0.0523. The molecule has 0 aliphatic carbocycles. The molecule has 0 bridgehead atoms. The minimum absolute atomic E-state index is 0.292. The molecule has 1 heterocycles. The van der Waals surface area contributed by atoms with Crippen molar-refractivity contribution < 1.29 is 18.7 Å². The summed E-state index contributed by atoms with van der Waals surface area (Å²) < 4.78 is 10.4. The van der Waals surface area contributed by atoms with Gasteiger partial charge in [0.15, 0.2) is 0 Å². The molecule has 3 rings (SSSR count). The second kappa shape index (κ2) is 8.41. The van der Waals surface area contributed by atoms with E-state index in [1.165, 1.54) is 6.07 Å². The Balaban J connectivity index is 1.64. The van der Waals surface area contributed by atoms with Gasteiger partial charge in [0.2, 0.25) is 0 Å². The molecule has 2 aromatic carbocycles. The number of alkyl carbamates (subject to hydrolysis) is 1. The summed E-state index contributed by atoms with van der Waals surface area (Å²) in [5.74, 6) is -0.295. The van der Waals surface area contributed by atoms with Crippen molar-refractivity contribution in [3.05, 3.63) is 75.6 Å². The molecule has 0 saturated heterocycles. The molecule has 0 spiro atoms. The highest BCUT2D eigenvalue weighted by molar-refractivity contribution is 6.05. The molecule has 7 nitrogen and oxygen atoms in total. The molecule has 2 N–H and O–H groups in total. The number of carbonyl (C=O) groups excluding carboxylic acids is 2. The average molecular weight is 408 g/mol. The fourth-order valence-electron chi connectivity index (χ4n) is 2.87. The maximum absolute atomic E-state index is 12.5. The van der Waals surface area contributed by atoms with Crippen LogP contribution in [-0.4, -0.2) is 17.6 Å². The van der Waals surface area contributed by atoms with E-state index in [2.05, 4.69) is 10.6 Å². The summed E-state index contributed by atoms with van der Waals surface area (Å²) >= 11 is 0. The molecule has 0 radical (unpaired) electrons. The maximum Gasteiger partial charge on any atom is 0.407 e. The van der Waals surface area contributed by atoms with E-state index in [-0.39, 0.29) is 5.91 Å². The lowest BCUT2D eigenvalue weighted by Crippen LogP contribution is -2.32. The third-order valence-electron chi connectivity index (χ3n) is 4.26. The summed E-state index contributed by atoms with van der Waals surface area (Å²) in [4.78, 5) is 35.8. The molecule has 2 amide bonds. The van der Waals surface area contributed by atoms with E-state index in [1.807, 2.05) is 6.92 Å². The number of hydrogen-bond acceptors (Lipinski definition) is 5. The van der Waals surface area contributed by atoms with Crippen molar-refractivity contribution in [1.82, 2.24) is 5.32 Å². The molecule has 0 atom stereocenters. The van der Waals surface area contributed by atoms with E-state index in [9.17, 15) is 14.4 Å². The van der Waals surface area contributed by atoms with Gasteiger partial charge in [-0.1, -0.05) is 12.1 Å². The van der Waals surface area contributed by atoms with Gasteiger partial charge in [-0.25, -0.2) is 9.59 Å². The highest BCUT2D eigenvalue weighted by Crippen LogP contribution is 2.21. The van der Waals surface area contributed by atoms with Crippen LogP contribution in [0.4, 0.5) is 10.5 Å². The molecule has 3 aromatic rings. The molecular weight excluding hydrogens is 384 g/mol. The third kappa shape index (κ3) is 5.47. The van der Waals surface area contributed by atoms with Crippen molar-refractivity contribution in [2.24, 2.45) is 0 Å². The fraction of sp³-hybridized carbons (Fsp3) is 0.261. The smallest absolute Gasteiger partial charge is 0.407 e. The van der Waals surface area contributed by atoms with Gasteiger partial charge in [0, 0.05) is 35.3 Å². The highest BCUT2D eigenvalue weighted by atomic mass is 16.6. The van der Waals surface area contributed by atoms with Gasteiger partial charge >= 0.3 is 11.7 Å². The zero-order chi connectivity index (χ0) is 21.9. The van der Waals surface area contributed by atoms with E-state index in [0.717, 1.165) is 16.5 Å². The number of anilines is 1. The molecule has 0 aliphatic heterocycles. The Morgan fingerprint density at radius 2 is 1.73 bits per heavy atom. The van der Waals surface area contributed by atoms with Gasteiger partial charge < -0.3 is 19.8 Å². The molecule has 0 saturated carbocycles. The van der Waals surface area contributed by atoms with Crippen LogP contribution in [0.5, 0.6) is 0 Å². The summed E-state index contributed by atoms with van der Waals surface area (Å²) in [7, 11) is 0. The van der Waals surface area contributed by atoms with Gasteiger partial charge in [-0.3, -0.25) is 4.79 Å². The van der Waals surface area contributed by atoms with Crippen LogP contribution in [-0.2, 0) is 11.3 Å². The second-order valence-electron chi connectivity index (χ2n) is 7.97. The minimum Gasteiger partial charge on any atom is -0.444 e. The number of benzene rings is 2. The van der Waals surface area contributed by atoms with Crippen LogP contribution in [0, 0.1) is 6.92 Å². The Kier molecular flexibility index (Phi) is 5.91. The Morgan fingerprint density at radius 3 is 2.40 bits per heavy atom. The largest absolute Gasteiger partial charge is 0.444 e. The monoisotopic (exact) mass is 408 g/mol. The van der Waals surface area contributed by atoms with Crippen LogP contribution in [0.2, 0.25) is 0 Å². The maximum atomic E-state index is 12.5. The standard InChI is InChI=1S/C23H24N2O5/c1-14-11-20(26)29-19-12-17(9-10-18(14)19)25-21(27)16-7-5-15(6-8-16)13-24-22(28)30-23(2,3)4/h5-12H,13H2,1-4H3,(H,24,28)(H,25,27). The summed E-state index contributed by atoms with van der Waals surface area (Å²) in [6.07, 6.45) is -0.498. The van der Waals surface area contributed by atoms with Gasteiger partial charge in [-0.15, -0.1) is 0 Å². The number of nitrogens with one attached hydrogen (secondary N) is 2. The summed E-state index contributed by atoms with van der Waals surface area (Å²) in [5.41, 5.74) is 2.06. The molecular formula is C23H24N2O5. The van der Waals surface area contributed by atoms with E-state index < -0.39 is 17.3 Å². The van der Waals surface area contributed by atoms with Crippen molar-refractivity contribution in [2.45, 2.75) is 39.8 Å². The van der Waals surface area contributed by atoms with E-state index in [4.69, 9.17) is 9.15 Å². The van der Waals surface area contributed by atoms with Gasteiger partial charge in [0.05, 0.1) is 0 Å². The van der Waals surface area contributed by atoms with E-state index >= 15 is 0 Å². The number of ether oxygens (including phenoxy) is 1. The molecule has 0 fully saturated rings. The first-order chi connectivity index (χ1) is 14.1. The summed E-state index contributed by atoms with van der Waals surface area (Å²) in [6, 6.07) is 13.5. The van der Waals surface area contributed by atoms with Crippen LogP contribution < -0.4 is 16.3 Å². The van der Waals surface area contributed by atoms with Crippen LogP contribution in [0.3, 0.4) is 0 Å². The molecule has 7 heteroatoms. The topological polar surface area (TPSA) is 97.6 Å². The summed E-state index contributed by atoms with van der Waals surface area (Å²) in [6.45, 7) is 7.51. The number of amides is 2. The summed E-state index contributed by atoms with van der Waals surface area (Å²) in [5, 5.41) is 6.28. The predicted octanol–water partition coefficient (Wildman–Crippen LogP) is 4.38. The van der Waals surface area contributed by atoms with Gasteiger partial charge in [-0.05, 0) is 63.1 Å². The SMILES string of the molecule is Cc1cc(=O)oc2cc(NC(=O)c3ccc(CNC(=O)OC(C)(C)C)cc3)ccc12. The number of aryl methyl sites for hydroxylation is 1. The highest BCUT2D eigenvalue weighted by Gasteiger charge is 2.15. The van der Waals surface area contributed by atoms with Crippen molar-refractivity contribution in [1.29, 1.82) is 0 Å². The van der Waals surface area contributed by atoms with Gasteiger partial charge in [-0.2, -0.15) is 0 Å². The lowest BCUT2D eigenvalue weighted by Gasteiger charge is -2.19. The first-order valence-corrected chi connectivity index (χ1v) is 9.52. The number of fused-ring (bicyclic) bond motifs is 1. The zero-order valence-electron chi connectivity index (χ0n) is 17.4. The van der Waals surface area contributed by atoms with E-state index in [1.54, 1.807) is 63.2 Å². The molecule has 0 aliphatic rings. The van der Waals surface area contributed by atoms with Gasteiger partial charge in [0.25, 0.3) is 5.91 Å². The predicted molar refractivity (Wildman–Crippen MR) is 115 cm³/mol. The minimum atomic E-state index is -0.559. The Bertz CT molecular complexity index is 1140. The van der Waals surface area contributed by atoms with Crippen molar-refractivity contribution >= 4 is 28.7 Å². The van der Waals surface area contributed by atoms with E-state index in [0.29, 0.717) is 23.4 Å². The first-order valence-electron chi connectivity index (χ1n) is 9.52. The van der Waals surface area contributed by atoms with Crippen molar-refractivity contribution in [3.8, 4) is 0 Å².